The number of aryl methyl sites for hydroxylation is 1. The van der Waals surface area contributed by atoms with Crippen LogP contribution in [0.4, 0.5) is 0 Å². The molecule has 2 atom stereocenters. The zero-order chi connectivity index (χ0) is 12.5. The third-order valence-electron chi connectivity index (χ3n) is 3.92. The van der Waals surface area contributed by atoms with Crippen LogP contribution in [0.1, 0.15) is 35.4 Å². The lowest BCUT2D eigenvalue weighted by Gasteiger charge is -2.27. The highest BCUT2D eigenvalue weighted by molar-refractivity contribution is 6.99. The Bertz CT molecular complexity index is 439. The Morgan fingerprint density at radius 2 is 2.21 bits per heavy atom. The van der Waals surface area contributed by atoms with E-state index in [0.717, 1.165) is 37.1 Å². The van der Waals surface area contributed by atoms with Gasteiger partial charge in [0.05, 0.1) is 17.4 Å². The van der Waals surface area contributed by atoms with Crippen LogP contribution < -0.4 is 5.32 Å². The molecule has 1 N–H and O–H groups in total. The van der Waals surface area contributed by atoms with Crippen molar-refractivity contribution in [3.8, 4) is 0 Å². The summed E-state index contributed by atoms with van der Waals surface area (Å²) in [4.78, 5) is 14.4. The van der Waals surface area contributed by atoms with Gasteiger partial charge in [-0.3, -0.25) is 4.79 Å². The largest absolute Gasteiger partial charge is 0.335 e. The first-order valence-electron chi connectivity index (χ1n) is 6.56. The summed E-state index contributed by atoms with van der Waals surface area (Å²) in [6.07, 6.45) is 3.68. The van der Waals surface area contributed by atoms with Crippen molar-refractivity contribution >= 4 is 30.0 Å². The number of halogens is 1. The minimum atomic E-state index is 0. The highest BCUT2D eigenvalue weighted by atomic mass is 35.5. The van der Waals surface area contributed by atoms with E-state index in [4.69, 9.17) is 0 Å². The van der Waals surface area contributed by atoms with Gasteiger partial charge in [0.25, 0.3) is 5.91 Å². The molecule has 0 saturated carbocycles. The first kappa shape index (κ1) is 14.7. The summed E-state index contributed by atoms with van der Waals surface area (Å²) >= 11 is 1.12. The maximum absolute atomic E-state index is 12.5. The summed E-state index contributed by atoms with van der Waals surface area (Å²) in [6.45, 7) is 4.57. The molecular formula is C12H19ClN4OS. The summed E-state index contributed by atoms with van der Waals surface area (Å²) < 4.78 is 8.23. The monoisotopic (exact) mass is 302 g/mol. The van der Waals surface area contributed by atoms with Gasteiger partial charge in [-0.2, -0.15) is 8.75 Å². The summed E-state index contributed by atoms with van der Waals surface area (Å²) in [7, 11) is 0. The molecule has 1 amide bonds. The lowest BCUT2D eigenvalue weighted by molar-refractivity contribution is 0.0715. The van der Waals surface area contributed by atoms with E-state index >= 15 is 0 Å². The Kier molecular flexibility index (Phi) is 4.76. The third kappa shape index (κ3) is 3.07. The third-order valence-corrected chi connectivity index (χ3v) is 4.54. The van der Waals surface area contributed by atoms with Gasteiger partial charge in [-0.15, -0.1) is 12.4 Å². The van der Waals surface area contributed by atoms with Crippen molar-refractivity contribution in [2.45, 2.75) is 32.2 Å². The maximum atomic E-state index is 12.5. The van der Waals surface area contributed by atoms with Crippen LogP contribution in [-0.4, -0.2) is 45.2 Å². The average molecular weight is 303 g/mol. The van der Waals surface area contributed by atoms with Gasteiger partial charge in [0.15, 0.2) is 5.69 Å². The molecule has 2 saturated heterocycles. The molecule has 2 aliphatic heterocycles. The molecule has 2 aliphatic rings. The molecule has 7 heteroatoms. The van der Waals surface area contributed by atoms with E-state index in [2.05, 4.69) is 14.1 Å². The number of amides is 1. The standard InChI is InChI=1S/C12H18N4OS.ClH/c1-8-11(15-18-14-8)12(17)16-6-9-3-2-4-10(7-16)13-5-9;/h9-10,13H,2-7H2,1H3;1H/t9-,10-;/m0./s1. The number of hydrogen-bond acceptors (Lipinski definition) is 5. The van der Waals surface area contributed by atoms with Crippen LogP contribution in [0.2, 0.25) is 0 Å². The van der Waals surface area contributed by atoms with Crippen molar-refractivity contribution in [2.75, 3.05) is 19.6 Å². The summed E-state index contributed by atoms with van der Waals surface area (Å²) in [5.41, 5.74) is 1.30. The van der Waals surface area contributed by atoms with Gasteiger partial charge in [-0.25, -0.2) is 0 Å². The van der Waals surface area contributed by atoms with Gasteiger partial charge in [0, 0.05) is 19.1 Å². The van der Waals surface area contributed by atoms with E-state index in [1.54, 1.807) is 0 Å². The average Bonchev–Trinajstić information content (AvgIpc) is 2.55. The Morgan fingerprint density at radius 1 is 1.37 bits per heavy atom. The molecule has 0 unspecified atom stereocenters. The normalized spacial score (nSPS) is 26.5. The number of rotatable bonds is 1. The second kappa shape index (κ2) is 6.15. The van der Waals surface area contributed by atoms with Crippen LogP contribution in [-0.2, 0) is 0 Å². The minimum absolute atomic E-state index is 0. The zero-order valence-electron chi connectivity index (χ0n) is 11.0. The molecule has 2 fully saturated rings. The molecule has 0 aliphatic carbocycles. The number of carbonyl (C=O) groups excluding carboxylic acids is 1. The van der Waals surface area contributed by atoms with E-state index in [9.17, 15) is 4.79 Å². The SMILES string of the molecule is Cc1nsnc1C(=O)N1C[C@H]2CCC[C@@H](C1)NC2.Cl. The molecule has 19 heavy (non-hydrogen) atoms. The zero-order valence-corrected chi connectivity index (χ0v) is 12.6. The molecule has 0 spiro atoms. The number of fused-ring (bicyclic) bond motifs is 3. The van der Waals surface area contributed by atoms with E-state index in [1.165, 1.54) is 19.3 Å². The molecule has 2 bridgehead atoms. The van der Waals surface area contributed by atoms with Gasteiger partial charge in [0.1, 0.15) is 0 Å². The second-order valence-corrected chi connectivity index (χ2v) is 5.84. The fourth-order valence-corrected chi connectivity index (χ4v) is 3.44. The molecule has 3 rings (SSSR count). The lowest BCUT2D eigenvalue weighted by Crippen LogP contribution is -2.41. The van der Waals surface area contributed by atoms with Gasteiger partial charge < -0.3 is 10.2 Å². The van der Waals surface area contributed by atoms with Gasteiger partial charge in [0.2, 0.25) is 0 Å². The van der Waals surface area contributed by atoms with Gasteiger partial charge in [-0.05, 0) is 32.2 Å². The number of carbonyl (C=O) groups is 1. The first-order valence-corrected chi connectivity index (χ1v) is 7.29. The summed E-state index contributed by atoms with van der Waals surface area (Å²) in [5, 5.41) is 3.56. The fraction of sp³-hybridized carbons (Fsp3) is 0.750. The van der Waals surface area contributed by atoms with Gasteiger partial charge >= 0.3 is 0 Å². The summed E-state index contributed by atoms with van der Waals surface area (Å²) in [5.74, 6) is 0.648. The van der Waals surface area contributed by atoms with Crippen molar-refractivity contribution in [3.05, 3.63) is 11.4 Å². The van der Waals surface area contributed by atoms with E-state index in [1.807, 2.05) is 11.8 Å². The van der Waals surface area contributed by atoms with Crippen molar-refractivity contribution in [2.24, 2.45) is 5.92 Å². The number of nitrogens with one attached hydrogen (secondary N) is 1. The Morgan fingerprint density at radius 3 is 2.95 bits per heavy atom. The molecule has 1 aromatic heterocycles. The van der Waals surface area contributed by atoms with E-state index < -0.39 is 0 Å². The van der Waals surface area contributed by atoms with Crippen molar-refractivity contribution < 1.29 is 4.79 Å². The predicted octanol–water partition coefficient (Wildman–Crippen LogP) is 1.48. The van der Waals surface area contributed by atoms with Gasteiger partial charge in [-0.1, -0.05) is 6.42 Å². The van der Waals surface area contributed by atoms with E-state index in [0.29, 0.717) is 17.7 Å². The van der Waals surface area contributed by atoms with Crippen molar-refractivity contribution in [3.63, 3.8) is 0 Å². The quantitative estimate of drug-likeness (QED) is 0.854. The number of likely N-dealkylation sites (tertiary alicyclic amines) is 1. The molecule has 0 radical (unpaired) electrons. The molecule has 5 nitrogen and oxygen atoms in total. The summed E-state index contributed by atoms with van der Waals surface area (Å²) in [6, 6.07) is 0.452. The highest BCUT2D eigenvalue weighted by Gasteiger charge is 2.31. The molecular weight excluding hydrogens is 284 g/mol. The minimum Gasteiger partial charge on any atom is -0.335 e. The van der Waals surface area contributed by atoms with Crippen LogP contribution >= 0.6 is 24.1 Å². The van der Waals surface area contributed by atoms with Crippen molar-refractivity contribution in [1.82, 2.24) is 19.0 Å². The number of aromatic nitrogens is 2. The lowest BCUT2D eigenvalue weighted by atomic mass is 9.99. The first-order chi connectivity index (χ1) is 8.74. The van der Waals surface area contributed by atoms with Crippen LogP contribution in [0.3, 0.4) is 0 Å². The predicted molar refractivity (Wildman–Crippen MR) is 76.9 cm³/mol. The van der Waals surface area contributed by atoms with Crippen LogP contribution in [0, 0.1) is 12.8 Å². The second-order valence-electron chi connectivity index (χ2n) is 5.31. The Balaban J connectivity index is 0.00000133. The van der Waals surface area contributed by atoms with Crippen LogP contribution in [0.25, 0.3) is 0 Å². The number of nitrogens with zero attached hydrogens (tertiary/aromatic N) is 3. The van der Waals surface area contributed by atoms with Crippen LogP contribution in [0.15, 0.2) is 0 Å². The van der Waals surface area contributed by atoms with Crippen LogP contribution in [0.5, 0.6) is 0 Å². The maximum Gasteiger partial charge on any atom is 0.275 e. The topological polar surface area (TPSA) is 58.1 Å². The number of hydrogen-bond donors (Lipinski definition) is 1. The highest BCUT2D eigenvalue weighted by Crippen LogP contribution is 2.22. The Hall–Kier alpha value is -0.720. The Labute approximate surface area is 123 Å². The smallest absolute Gasteiger partial charge is 0.275 e. The molecule has 1 aromatic rings. The van der Waals surface area contributed by atoms with Crippen molar-refractivity contribution in [1.29, 1.82) is 0 Å². The molecule has 3 heterocycles. The van der Waals surface area contributed by atoms with E-state index in [-0.39, 0.29) is 18.3 Å². The fourth-order valence-electron chi connectivity index (χ4n) is 2.90. The molecule has 106 valence electrons. The molecule has 0 aromatic carbocycles.